The minimum Gasteiger partial charge on any atom is -0.367 e. The van der Waals surface area contributed by atoms with E-state index in [1.54, 1.807) is 6.07 Å². The predicted octanol–water partition coefficient (Wildman–Crippen LogP) is 7.87. The Morgan fingerprint density at radius 2 is 1.41 bits per heavy atom. The van der Waals surface area contributed by atoms with Crippen LogP contribution in [0.15, 0.2) is 138 Å². The van der Waals surface area contributed by atoms with Crippen LogP contribution in [0.2, 0.25) is 0 Å². The minimum atomic E-state index is -4.25. The molecule has 5 rings (SSSR count). The highest BCUT2D eigenvalue weighted by atomic mass is 32.2. The molecular formula is C38H39N2O3S+. The molecule has 4 aromatic carbocycles. The second-order valence-corrected chi connectivity index (χ2v) is 12.4. The number of hydrogen-bond donors (Lipinski definition) is 1. The molecule has 1 aliphatic carbocycles. The Morgan fingerprint density at radius 3 is 2.05 bits per heavy atom. The average molecular weight is 604 g/mol. The van der Waals surface area contributed by atoms with Crippen LogP contribution in [0.25, 0.3) is 5.57 Å². The summed E-state index contributed by atoms with van der Waals surface area (Å²) in [4.78, 5) is 2.09. The largest absolute Gasteiger partial charge is 0.367 e. The third kappa shape index (κ3) is 7.51. The molecule has 0 aliphatic heterocycles. The second kappa shape index (κ2) is 13.8. The first kappa shape index (κ1) is 30.9. The van der Waals surface area contributed by atoms with Crippen LogP contribution in [0.1, 0.15) is 41.7 Å². The fraction of sp³-hybridized carbons (Fsp3) is 0.184. The number of benzene rings is 4. The van der Waals surface area contributed by atoms with Gasteiger partial charge in [-0.25, -0.2) is 4.58 Å². The highest BCUT2D eigenvalue weighted by molar-refractivity contribution is 7.85. The van der Waals surface area contributed by atoms with Crippen molar-refractivity contribution in [2.24, 2.45) is 0 Å². The van der Waals surface area contributed by atoms with E-state index in [2.05, 4.69) is 127 Å². The topological polar surface area (TPSA) is 60.6 Å². The zero-order valence-corrected chi connectivity index (χ0v) is 26.3. The molecule has 1 aliphatic rings. The summed E-state index contributed by atoms with van der Waals surface area (Å²) in [7, 11) is -4.25. The number of aryl methyl sites for hydroxylation is 1. The molecule has 0 spiro atoms. The number of rotatable bonds is 10. The second-order valence-electron chi connectivity index (χ2n) is 11.0. The highest BCUT2D eigenvalue weighted by Crippen LogP contribution is 2.31. The Morgan fingerprint density at radius 1 is 0.750 bits per heavy atom. The third-order valence-electron chi connectivity index (χ3n) is 7.89. The molecule has 0 aromatic heterocycles. The Labute approximate surface area is 261 Å². The first-order valence-corrected chi connectivity index (χ1v) is 16.4. The van der Waals surface area contributed by atoms with Crippen molar-refractivity contribution in [3.63, 3.8) is 0 Å². The molecule has 1 N–H and O–H groups in total. The van der Waals surface area contributed by atoms with E-state index in [0.717, 1.165) is 53.2 Å². The van der Waals surface area contributed by atoms with Crippen LogP contribution in [-0.2, 0) is 23.2 Å². The number of anilines is 1. The summed E-state index contributed by atoms with van der Waals surface area (Å²) in [5, 5.41) is 0. The van der Waals surface area contributed by atoms with Crippen molar-refractivity contribution < 1.29 is 17.5 Å². The minimum absolute atomic E-state index is 0.0910. The standard InChI is InChI=1S/C38H38N2O3S/c1-4-39(27-30-12-9-11-29(3)25-30)35-21-17-33(18-22-35)38(32-14-7-6-8-15-32)34-19-23-36(24-20-34)40(5-2)28-31-13-10-16-37(26-31)44(41,42)43/h6-26H,4-5,27-28H2,1-3H3/p+1. The fourth-order valence-corrected chi connectivity index (χ4v) is 6.16. The van der Waals surface area contributed by atoms with Crippen LogP contribution in [0.4, 0.5) is 5.69 Å². The summed E-state index contributed by atoms with van der Waals surface area (Å²) in [6, 6.07) is 34.1. The Bertz CT molecular complexity index is 1830. The van der Waals surface area contributed by atoms with Gasteiger partial charge in [-0.1, -0.05) is 78.4 Å². The van der Waals surface area contributed by atoms with E-state index in [1.165, 1.54) is 29.0 Å². The van der Waals surface area contributed by atoms with Crippen LogP contribution >= 0.6 is 0 Å². The van der Waals surface area contributed by atoms with Gasteiger partial charge >= 0.3 is 0 Å². The van der Waals surface area contributed by atoms with Gasteiger partial charge in [-0.3, -0.25) is 4.55 Å². The van der Waals surface area contributed by atoms with Crippen molar-refractivity contribution >= 4 is 27.1 Å². The Hall–Kier alpha value is -4.52. The van der Waals surface area contributed by atoms with Crippen LogP contribution in [-0.4, -0.2) is 36.3 Å². The summed E-state index contributed by atoms with van der Waals surface area (Å²) in [6.07, 6.45) is 8.85. The summed E-state index contributed by atoms with van der Waals surface area (Å²) in [5.41, 5.74) is 10.2. The fourth-order valence-electron chi connectivity index (χ4n) is 5.61. The van der Waals surface area contributed by atoms with Crippen LogP contribution in [0, 0.1) is 6.92 Å². The smallest absolute Gasteiger partial charge is 0.294 e. The molecule has 0 unspecified atom stereocenters. The molecule has 6 heteroatoms. The van der Waals surface area contributed by atoms with Crippen LogP contribution < -0.4 is 4.90 Å². The molecule has 0 amide bonds. The first-order chi connectivity index (χ1) is 21.2. The maximum absolute atomic E-state index is 11.6. The van der Waals surface area contributed by atoms with Crippen molar-refractivity contribution in [2.75, 3.05) is 18.0 Å². The molecule has 0 heterocycles. The molecule has 0 atom stereocenters. The van der Waals surface area contributed by atoms with Gasteiger partial charge in [-0.2, -0.15) is 8.42 Å². The normalized spacial score (nSPS) is 12.8. The molecule has 224 valence electrons. The number of allylic oxidation sites excluding steroid dienone is 5. The molecule has 0 fully saturated rings. The van der Waals surface area contributed by atoms with E-state index in [-0.39, 0.29) is 4.90 Å². The maximum Gasteiger partial charge on any atom is 0.294 e. The van der Waals surface area contributed by atoms with Gasteiger partial charge in [0.15, 0.2) is 12.3 Å². The van der Waals surface area contributed by atoms with Crippen molar-refractivity contribution in [3.8, 4) is 0 Å². The average Bonchev–Trinajstić information content (AvgIpc) is 3.04. The number of nitrogens with zero attached hydrogens (tertiary/aromatic N) is 2. The number of hydrogen-bond acceptors (Lipinski definition) is 3. The Balaban J connectivity index is 1.44. The molecule has 44 heavy (non-hydrogen) atoms. The first-order valence-electron chi connectivity index (χ1n) is 15.0. The van der Waals surface area contributed by atoms with Gasteiger partial charge in [-0.05, 0) is 91.1 Å². The lowest BCUT2D eigenvalue weighted by Gasteiger charge is -2.24. The van der Waals surface area contributed by atoms with Gasteiger partial charge in [0.2, 0.25) is 0 Å². The molecule has 0 bridgehead atoms. The van der Waals surface area contributed by atoms with E-state index in [0.29, 0.717) is 6.54 Å². The monoisotopic (exact) mass is 603 g/mol. The molecule has 0 saturated carbocycles. The SMILES string of the molecule is CCN(Cc1cccc(S(=O)(=O)O)c1)c1ccc(C(=C2C=CC(=[N+](CC)Cc3cccc(C)c3)C=C2)c2ccccc2)cc1. The van der Waals surface area contributed by atoms with Crippen molar-refractivity contribution in [1.29, 1.82) is 0 Å². The van der Waals surface area contributed by atoms with Gasteiger partial charge in [0.1, 0.15) is 6.54 Å². The summed E-state index contributed by atoms with van der Waals surface area (Å²) in [5.74, 6) is 0. The Kier molecular flexibility index (Phi) is 9.73. The lowest BCUT2D eigenvalue weighted by atomic mass is 9.90. The lowest BCUT2D eigenvalue weighted by Crippen LogP contribution is -2.22. The van der Waals surface area contributed by atoms with Gasteiger partial charge in [0.05, 0.1) is 4.90 Å². The van der Waals surface area contributed by atoms with Gasteiger partial charge in [-0.15, -0.1) is 0 Å². The molecule has 5 nitrogen and oxygen atoms in total. The summed E-state index contributed by atoms with van der Waals surface area (Å²) in [6.45, 7) is 9.43. The predicted molar refractivity (Wildman–Crippen MR) is 181 cm³/mol. The molecule has 0 saturated heterocycles. The van der Waals surface area contributed by atoms with E-state index < -0.39 is 10.1 Å². The van der Waals surface area contributed by atoms with E-state index in [1.807, 2.05) is 12.1 Å². The molecule has 4 aromatic rings. The lowest BCUT2D eigenvalue weighted by molar-refractivity contribution is -0.539. The van der Waals surface area contributed by atoms with Crippen molar-refractivity contribution in [3.05, 3.63) is 161 Å². The van der Waals surface area contributed by atoms with Gasteiger partial charge in [0, 0.05) is 36.5 Å². The molecule has 0 radical (unpaired) electrons. The summed E-state index contributed by atoms with van der Waals surface area (Å²) < 4.78 is 35.1. The van der Waals surface area contributed by atoms with Crippen LogP contribution in [0.3, 0.4) is 0 Å². The quantitative estimate of drug-likeness (QED) is 0.148. The van der Waals surface area contributed by atoms with Crippen molar-refractivity contribution in [1.82, 2.24) is 0 Å². The van der Waals surface area contributed by atoms with Crippen LogP contribution in [0.5, 0.6) is 0 Å². The summed E-state index contributed by atoms with van der Waals surface area (Å²) >= 11 is 0. The van der Waals surface area contributed by atoms with E-state index >= 15 is 0 Å². The third-order valence-corrected chi connectivity index (χ3v) is 8.74. The zero-order chi connectivity index (χ0) is 31.1. The zero-order valence-electron chi connectivity index (χ0n) is 25.5. The molecular weight excluding hydrogens is 564 g/mol. The highest BCUT2D eigenvalue weighted by Gasteiger charge is 2.17. The maximum atomic E-state index is 11.6. The van der Waals surface area contributed by atoms with E-state index in [9.17, 15) is 13.0 Å². The van der Waals surface area contributed by atoms with Gasteiger partial charge in [0.25, 0.3) is 10.1 Å². The van der Waals surface area contributed by atoms with E-state index in [4.69, 9.17) is 0 Å². The van der Waals surface area contributed by atoms with Gasteiger partial charge < -0.3 is 4.90 Å². The van der Waals surface area contributed by atoms with Crippen molar-refractivity contribution in [2.45, 2.75) is 38.8 Å².